The fourth-order valence-electron chi connectivity index (χ4n) is 3.86. The molecule has 2 aromatic carbocycles. The van der Waals surface area contributed by atoms with Crippen LogP contribution < -0.4 is 0 Å². The molecule has 2 aromatic rings. The van der Waals surface area contributed by atoms with Gasteiger partial charge >= 0.3 is 183 Å². The second kappa shape index (κ2) is 9.28. The first-order chi connectivity index (χ1) is 14.3. The van der Waals surface area contributed by atoms with E-state index in [2.05, 4.69) is 112 Å². The predicted molar refractivity (Wildman–Crippen MR) is 118 cm³/mol. The van der Waals surface area contributed by atoms with Gasteiger partial charge in [0.2, 0.25) is 0 Å². The molecule has 1 aliphatic heterocycles. The fraction of sp³-hybridized carbons (Fsp3) is 0.185. The molecule has 2 aliphatic rings. The molecule has 29 heavy (non-hydrogen) atoms. The second-order valence-corrected chi connectivity index (χ2v) is 7.88. The molecule has 1 heterocycles. The molecule has 0 saturated heterocycles. The van der Waals surface area contributed by atoms with Crippen LogP contribution in [0, 0.1) is 18.3 Å². The van der Waals surface area contributed by atoms with Gasteiger partial charge in [0, 0.05) is 0 Å². The molecule has 0 N–H and O–H groups in total. The van der Waals surface area contributed by atoms with E-state index < -0.39 is 0 Å². The minimum atomic E-state index is 0.239. The van der Waals surface area contributed by atoms with Gasteiger partial charge in [0.25, 0.3) is 0 Å². The molecule has 143 valence electrons. The van der Waals surface area contributed by atoms with E-state index in [0.29, 0.717) is 0 Å². The van der Waals surface area contributed by atoms with E-state index in [1.165, 1.54) is 35.2 Å². The topological polar surface area (TPSA) is 3.24 Å². The Kier molecular flexibility index (Phi) is 6.31. The Morgan fingerprint density at radius 2 is 1.76 bits per heavy atom. The van der Waals surface area contributed by atoms with E-state index in [9.17, 15) is 0 Å². The van der Waals surface area contributed by atoms with E-state index in [0.717, 1.165) is 16.5 Å². The van der Waals surface area contributed by atoms with Crippen LogP contribution in [0.4, 0.5) is 0 Å². The van der Waals surface area contributed by atoms with Gasteiger partial charge in [0.1, 0.15) is 0 Å². The Labute approximate surface area is 182 Å². The summed E-state index contributed by atoms with van der Waals surface area (Å²) >= 11 is 3.28. The van der Waals surface area contributed by atoms with Crippen LogP contribution in [0.5, 0.6) is 0 Å². The summed E-state index contributed by atoms with van der Waals surface area (Å²) in [6.07, 6.45) is 10.5. The van der Waals surface area contributed by atoms with Crippen molar-refractivity contribution in [2.75, 3.05) is 6.54 Å². The SMILES string of the molecule is CCCCN1C(c2ccccc2)=C([C](=[Cr])C#CC2=C[CH]C=C2)C1c1ccccc1. The van der Waals surface area contributed by atoms with Crippen LogP contribution in [-0.4, -0.2) is 15.8 Å². The van der Waals surface area contributed by atoms with Crippen LogP contribution in [-0.2, 0) is 15.9 Å². The summed E-state index contributed by atoms with van der Waals surface area (Å²) in [7, 11) is 0. The van der Waals surface area contributed by atoms with Crippen molar-refractivity contribution in [2.45, 2.75) is 25.8 Å². The van der Waals surface area contributed by atoms with Crippen molar-refractivity contribution in [3.8, 4) is 11.8 Å². The summed E-state index contributed by atoms with van der Waals surface area (Å²) in [6, 6.07) is 21.7. The summed E-state index contributed by atoms with van der Waals surface area (Å²) in [5.41, 5.74) is 6.24. The molecular formula is C27H24CrN. The van der Waals surface area contributed by atoms with Crippen LogP contribution >= 0.6 is 0 Å². The monoisotopic (exact) mass is 414 g/mol. The molecule has 0 saturated carbocycles. The Morgan fingerprint density at radius 1 is 1.03 bits per heavy atom. The molecule has 0 aromatic heterocycles. The van der Waals surface area contributed by atoms with Crippen LogP contribution in [0.3, 0.4) is 0 Å². The Balaban J connectivity index is 1.79. The average molecular weight is 414 g/mol. The molecule has 1 atom stereocenters. The van der Waals surface area contributed by atoms with Crippen LogP contribution in [0.25, 0.3) is 5.70 Å². The number of allylic oxidation sites excluding steroid dienone is 4. The Morgan fingerprint density at radius 3 is 2.41 bits per heavy atom. The first kappa shape index (κ1) is 19.7. The number of hydrogen-bond acceptors (Lipinski definition) is 1. The molecule has 1 unspecified atom stereocenters. The Bertz CT molecular complexity index is 1030. The number of nitrogens with zero attached hydrogens (tertiary/aromatic N) is 1. The van der Waals surface area contributed by atoms with Crippen molar-refractivity contribution in [3.05, 3.63) is 108 Å². The van der Waals surface area contributed by atoms with E-state index in [-0.39, 0.29) is 6.04 Å². The second-order valence-electron chi connectivity index (χ2n) is 7.24. The molecule has 1 nitrogen and oxygen atoms in total. The molecule has 2 heteroatoms. The van der Waals surface area contributed by atoms with E-state index in [1.54, 1.807) is 0 Å². The quantitative estimate of drug-likeness (QED) is 0.550. The zero-order chi connectivity index (χ0) is 20.1. The van der Waals surface area contributed by atoms with Crippen LogP contribution in [0.15, 0.2) is 90.0 Å². The van der Waals surface area contributed by atoms with Gasteiger partial charge in [-0.05, 0) is 0 Å². The molecule has 0 bridgehead atoms. The van der Waals surface area contributed by atoms with Gasteiger partial charge in [0.05, 0.1) is 0 Å². The molecule has 0 amide bonds. The molecule has 0 spiro atoms. The van der Waals surface area contributed by atoms with Gasteiger partial charge < -0.3 is 0 Å². The van der Waals surface area contributed by atoms with Crippen LogP contribution in [0.2, 0.25) is 0 Å². The molecule has 4 rings (SSSR count). The van der Waals surface area contributed by atoms with Gasteiger partial charge in [-0.2, -0.15) is 0 Å². The zero-order valence-corrected chi connectivity index (χ0v) is 17.9. The first-order valence-electron chi connectivity index (χ1n) is 10.2. The normalized spacial score (nSPS) is 17.5. The van der Waals surface area contributed by atoms with Crippen molar-refractivity contribution in [3.63, 3.8) is 0 Å². The van der Waals surface area contributed by atoms with Gasteiger partial charge in [-0.25, -0.2) is 0 Å². The summed E-state index contributed by atoms with van der Waals surface area (Å²) in [6.45, 7) is 3.30. The van der Waals surface area contributed by atoms with Gasteiger partial charge in [-0.1, -0.05) is 0 Å². The molecule has 0 fully saturated rings. The molecule has 1 aliphatic carbocycles. The van der Waals surface area contributed by atoms with Gasteiger partial charge in [0.15, 0.2) is 0 Å². The van der Waals surface area contributed by atoms with Crippen molar-refractivity contribution < 1.29 is 15.9 Å². The van der Waals surface area contributed by atoms with Crippen molar-refractivity contribution >= 4 is 10.1 Å². The number of unbranched alkanes of at least 4 members (excludes halogenated alkanes) is 1. The minimum absolute atomic E-state index is 0.239. The van der Waals surface area contributed by atoms with E-state index >= 15 is 0 Å². The third kappa shape index (κ3) is 4.23. The van der Waals surface area contributed by atoms with E-state index in [1.807, 2.05) is 12.5 Å². The Hall–Kier alpha value is -2.58. The molecular weight excluding hydrogens is 390 g/mol. The predicted octanol–water partition coefficient (Wildman–Crippen LogP) is 5.68. The number of rotatable bonds is 6. The maximum atomic E-state index is 3.39. The van der Waals surface area contributed by atoms with Crippen molar-refractivity contribution in [2.24, 2.45) is 0 Å². The van der Waals surface area contributed by atoms with E-state index in [4.69, 9.17) is 0 Å². The third-order valence-corrected chi connectivity index (χ3v) is 5.77. The fourth-order valence-corrected chi connectivity index (χ4v) is 4.26. The van der Waals surface area contributed by atoms with Crippen molar-refractivity contribution in [1.29, 1.82) is 0 Å². The zero-order valence-electron chi connectivity index (χ0n) is 16.6. The maximum absolute atomic E-state index is 3.39. The van der Waals surface area contributed by atoms with Crippen LogP contribution in [0.1, 0.15) is 36.9 Å². The van der Waals surface area contributed by atoms with Crippen molar-refractivity contribution in [1.82, 2.24) is 4.90 Å². The summed E-state index contributed by atoms with van der Waals surface area (Å²) in [4.78, 5) is 2.55. The summed E-state index contributed by atoms with van der Waals surface area (Å²) < 4.78 is 1.03. The first-order valence-corrected chi connectivity index (χ1v) is 10.8. The van der Waals surface area contributed by atoms with Gasteiger partial charge in [-0.15, -0.1) is 0 Å². The van der Waals surface area contributed by atoms with Gasteiger partial charge in [-0.3, -0.25) is 0 Å². The third-order valence-electron chi connectivity index (χ3n) is 5.27. The summed E-state index contributed by atoms with van der Waals surface area (Å²) in [5.74, 6) is 6.69. The number of hydrogen-bond donors (Lipinski definition) is 0. The summed E-state index contributed by atoms with van der Waals surface area (Å²) in [5, 5.41) is 0. The molecule has 1 radical (unpaired) electrons. The average Bonchev–Trinajstić information content (AvgIpc) is 3.27. The standard InChI is InChI=1S/C27H24N.Cr/c1-2-3-21-28-26(23-16-6-4-7-17-23)25(20-12-15-22-13-10-11-14-22)27(28)24-18-8-5-9-19-24;/h4-11,13-14,16-19,26H,2-3,21H2,1H3;. The number of benzene rings is 2.